The van der Waals surface area contributed by atoms with Crippen molar-refractivity contribution in [1.29, 1.82) is 0 Å². The van der Waals surface area contributed by atoms with Crippen LogP contribution in [0, 0.1) is 5.92 Å². The molecule has 0 radical (unpaired) electrons. The van der Waals surface area contributed by atoms with Gasteiger partial charge in [0.25, 0.3) is 0 Å². The summed E-state index contributed by atoms with van der Waals surface area (Å²) >= 11 is 0. The monoisotopic (exact) mass is 316 g/mol. The lowest BCUT2D eigenvalue weighted by Gasteiger charge is -2.35. The first-order valence-electron chi connectivity index (χ1n) is 9.25. The SMILES string of the molecule is CCCn1ccnc1CN1C[C@H]2CC[C@@H](C1)N(CC=C(C)C)C2. The van der Waals surface area contributed by atoms with Gasteiger partial charge in [-0.05, 0) is 39.0 Å². The summed E-state index contributed by atoms with van der Waals surface area (Å²) < 4.78 is 2.33. The first-order chi connectivity index (χ1) is 11.2. The Labute approximate surface area is 141 Å². The topological polar surface area (TPSA) is 24.3 Å². The van der Waals surface area contributed by atoms with Gasteiger partial charge in [0.1, 0.15) is 5.82 Å². The molecule has 0 N–H and O–H groups in total. The third-order valence-electron chi connectivity index (χ3n) is 5.27. The van der Waals surface area contributed by atoms with Crippen LogP contribution in [0.15, 0.2) is 24.0 Å². The van der Waals surface area contributed by atoms with Gasteiger partial charge in [0.2, 0.25) is 0 Å². The van der Waals surface area contributed by atoms with Gasteiger partial charge in [-0.1, -0.05) is 18.6 Å². The normalized spacial score (nSPS) is 25.5. The lowest BCUT2D eigenvalue weighted by molar-refractivity contribution is 0.145. The molecule has 2 bridgehead atoms. The number of fused-ring (bicyclic) bond motifs is 4. The Balaban J connectivity index is 1.64. The molecule has 4 heterocycles. The maximum atomic E-state index is 4.61. The number of aromatic nitrogens is 2. The van der Waals surface area contributed by atoms with E-state index in [1.165, 1.54) is 50.3 Å². The van der Waals surface area contributed by atoms with Gasteiger partial charge in [-0.2, -0.15) is 0 Å². The molecule has 3 aliphatic heterocycles. The van der Waals surface area contributed by atoms with Crippen LogP contribution in [0.4, 0.5) is 0 Å². The molecule has 4 heteroatoms. The van der Waals surface area contributed by atoms with E-state index in [0.29, 0.717) is 0 Å². The molecular formula is C19H32N4. The average molecular weight is 316 g/mol. The van der Waals surface area contributed by atoms with Crippen LogP contribution in [0.2, 0.25) is 0 Å². The van der Waals surface area contributed by atoms with Crippen molar-refractivity contribution in [3.05, 3.63) is 29.9 Å². The molecule has 3 fully saturated rings. The van der Waals surface area contributed by atoms with Gasteiger partial charge in [0.15, 0.2) is 0 Å². The minimum absolute atomic E-state index is 0.721. The Morgan fingerprint density at radius 1 is 1.26 bits per heavy atom. The largest absolute Gasteiger partial charge is 0.334 e. The molecule has 23 heavy (non-hydrogen) atoms. The predicted molar refractivity (Wildman–Crippen MR) is 95.3 cm³/mol. The molecular weight excluding hydrogens is 284 g/mol. The number of nitrogens with zero attached hydrogens (tertiary/aromatic N) is 4. The summed E-state index contributed by atoms with van der Waals surface area (Å²) in [6.07, 6.45) is 10.4. The summed E-state index contributed by atoms with van der Waals surface area (Å²) in [4.78, 5) is 9.97. The fourth-order valence-electron chi connectivity index (χ4n) is 4.06. The highest BCUT2D eigenvalue weighted by Gasteiger charge is 2.34. The molecule has 0 aliphatic carbocycles. The first kappa shape index (κ1) is 16.7. The van der Waals surface area contributed by atoms with Crippen molar-refractivity contribution in [2.24, 2.45) is 5.92 Å². The van der Waals surface area contributed by atoms with Crippen molar-refractivity contribution in [2.75, 3.05) is 26.2 Å². The molecule has 0 amide bonds. The summed E-state index contributed by atoms with van der Waals surface area (Å²) in [5.41, 5.74) is 1.43. The summed E-state index contributed by atoms with van der Waals surface area (Å²) in [6.45, 7) is 13.6. The highest BCUT2D eigenvalue weighted by molar-refractivity contribution is 5.00. The highest BCUT2D eigenvalue weighted by atomic mass is 15.3. The van der Waals surface area contributed by atoms with E-state index in [1.807, 2.05) is 6.20 Å². The van der Waals surface area contributed by atoms with Crippen LogP contribution in [0.3, 0.4) is 0 Å². The van der Waals surface area contributed by atoms with Crippen molar-refractivity contribution in [3.8, 4) is 0 Å². The van der Waals surface area contributed by atoms with E-state index in [1.54, 1.807) is 0 Å². The van der Waals surface area contributed by atoms with E-state index < -0.39 is 0 Å². The van der Waals surface area contributed by atoms with E-state index in [2.05, 4.69) is 52.4 Å². The molecule has 4 nitrogen and oxygen atoms in total. The van der Waals surface area contributed by atoms with E-state index in [9.17, 15) is 0 Å². The highest BCUT2D eigenvalue weighted by Crippen LogP contribution is 2.28. The number of piperidine rings is 1. The van der Waals surface area contributed by atoms with Crippen molar-refractivity contribution in [3.63, 3.8) is 0 Å². The van der Waals surface area contributed by atoms with Gasteiger partial charge in [0, 0.05) is 51.2 Å². The van der Waals surface area contributed by atoms with Gasteiger partial charge in [-0.25, -0.2) is 4.98 Å². The van der Waals surface area contributed by atoms with Crippen LogP contribution in [0.5, 0.6) is 0 Å². The Morgan fingerprint density at radius 2 is 2.13 bits per heavy atom. The second kappa shape index (κ2) is 7.63. The van der Waals surface area contributed by atoms with Crippen LogP contribution >= 0.6 is 0 Å². The molecule has 1 aromatic heterocycles. The van der Waals surface area contributed by atoms with Gasteiger partial charge < -0.3 is 4.57 Å². The average Bonchev–Trinajstić information content (AvgIpc) is 2.77. The zero-order valence-electron chi connectivity index (χ0n) is 15.0. The molecule has 0 spiro atoms. The quantitative estimate of drug-likeness (QED) is 0.754. The number of aryl methyl sites for hydroxylation is 1. The van der Waals surface area contributed by atoms with Gasteiger partial charge in [0.05, 0.1) is 6.54 Å². The minimum Gasteiger partial charge on any atom is -0.334 e. The summed E-state index contributed by atoms with van der Waals surface area (Å²) in [6, 6.07) is 0.721. The standard InChI is InChI=1S/C19H32N4/c1-4-9-22-11-8-20-19(22)15-21-12-17-5-6-18(14-21)23(13-17)10-7-16(2)3/h7-8,11,17-18H,4-6,9-10,12-15H2,1-3H3/t17-,18+/m1/s1. The van der Waals surface area contributed by atoms with Crippen LogP contribution in [-0.2, 0) is 13.1 Å². The van der Waals surface area contributed by atoms with Crippen molar-refractivity contribution in [2.45, 2.75) is 59.2 Å². The number of rotatable bonds is 6. The van der Waals surface area contributed by atoms with E-state index in [0.717, 1.165) is 31.6 Å². The molecule has 1 aromatic rings. The summed E-state index contributed by atoms with van der Waals surface area (Å²) in [5, 5.41) is 0. The Hall–Kier alpha value is -1.13. The molecule has 0 unspecified atom stereocenters. The number of allylic oxidation sites excluding steroid dienone is 1. The second-order valence-electron chi connectivity index (χ2n) is 7.56. The number of hydrogen-bond acceptors (Lipinski definition) is 3. The van der Waals surface area contributed by atoms with Crippen molar-refractivity contribution >= 4 is 0 Å². The van der Waals surface area contributed by atoms with E-state index in [4.69, 9.17) is 0 Å². The predicted octanol–water partition coefficient (Wildman–Crippen LogP) is 3.16. The molecule has 3 saturated heterocycles. The van der Waals surface area contributed by atoms with Gasteiger partial charge in [-0.3, -0.25) is 9.80 Å². The first-order valence-corrected chi connectivity index (χ1v) is 9.25. The van der Waals surface area contributed by atoms with Gasteiger partial charge in [-0.15, -0.1) is 0 Å². The third kappa shape index (κ3) is 4.24. The number of imidazole rings is 1. The molecule has 0 saturated carbocycles. The van der Waals surface area contributed by atoms with Crippen LogP contribution in [0.25, 0.3) is 0 Å². The van der Waals surface area contributed by atoms with E-state index >= 15 is 0 Å². The Morgan fingerprint density at radius 3 is 2.91 bits per heavy atom. The second-order valence-corrected chi connectivity index (χ2v) is 7.56. The number of hydrogen-bond donors (Lipinski definition) is 0. The third-order valence-corrected chi connectivity index (χ3v) is 5.27. The lowest BCUT2D eigenvalue weighted by Crippen LogP contribution is -2.43. The fourth-order valence-corrected chi connectivity index (χ4v) is 4.06. The molecule has 128 valence electrons. The Bertz CT molecular complexity index is 529. The van der Waals surface area contributed by atoms with Crippen molar-refractivity contribution in [1.82, 2.24) is 19.4 Å². The molecule has 4 rings (SSSR count). The van der Waals surface area contributed by atoms with Crippen molar-refractivity contribution < 1.29 is 0 Å². The van der Waals surface area contributed by atoms with E-state index in [-0.39, 0.29) is 0 Å². The van der Waals surface area contributed by atoms with Crippen LogP contribution < -0.4 is 0 Å². The molecule has 3 aliphatic rings. The summed E-state index contributed by atoms with van der Waals surface area (Å²) in [7, 11) is 0. The zero-order valence-corrected chi connectivity index (χ0v) is 15.0. The molecule has 2 atom stereocenters. The minimum atomic E-state index is 0.721. The molecule has 0 aromatic carbocycles. The lowest BCUT2D eigenvalue weighted by atomic mass is 9.95. The maximum absolute atomic E-state index is 4.61. The Kier molecular flexibility index (Phi) is 5.54. The van der Waals surface area contributed by atoms with Crippen LogP contribution in [-0.4, -0.2) is 51.6 Å². The van der Waals surface area contributed by atoms with Gasteiger partial charge >= 0.3 is 0 Å². The van der Waals surface area contributed by atoms with Crippen LogP contribution in [0.1, 0.15) is 45.9 Å². The zero-order chi connectivity index (χ0) is 16.2. The fraction of sp³-hybridized carbons (Fsp3) is 0.737. The smallest absolute Gasteiger partial charge is 0.122 e. The maximum Gasteiger partial charge on any atom is 0.122 e. The summed E-state index contributed by atoms with van der Waals surface area (Å²) in [5.74, 6) is 2.07.